The molecule has 2 fully saturated rings. The topological polar surface area (TPSA) is 146 Å². The van der Waals surface area contributed by atoms with Gasteiger partial charge in [0.1, 0.15) is 5.69 Å². The zero-order valence-electron chi connectivity index (χ0n) is 25.6. The summed E-state index contributed by atoms with van der Waals surface area (Å²) in [4.78, 5) is 46.9. The second kappa shape index (κ2) is 12.8. The molecule has 0 saturated carbocycles. The Labute approximate surface area is 272 Å². The van der Waals surface area contributed by atoms with Crippen LogP contribution in [0.1, 0.15) is 45.2 Å². The minimum atomic E-state index is -4.78. The van der Waals surface area contributed by atoms with Crippen molar-refractivity contribution in [3.8, 4) is 16.9 Å². The standard InChI is InChI=1S/C30H32ClF3N10O3/c1-17-23(15-37-39-17)44-16-21(25(40-44)30(32,33)34)24-14-36-26(41(24)2)27(45)38-19-3-4-20(22(31)13-19)29(47)43-11-9-42(10-12-43)28(46)18-5-7-35-8-6-18/h3-4,13-16,18,35H,5-12H2,1-2H3,(H,37,39)(H,38,45). The zero-order chi connectivity index (χ0) is 33.5. The number of aryl methyl sites for hydroxylation is 1. The van der Waals surface area contributed by atoms with Crippen LogP contribution in [0.15, 0.2) is 36.8 Å². The predicted molar refractivity (Wildman–Crippen MR) is 165 cm³/mol. The number of benzene rings is 1. The lowest BCUT2D eigenvalue weighted by Crippen LogP contribution is -2.52. The fraction of sp³-hybridized carbons (Fsp3) is 0.400. The molecule has 0 unspecified atom stereocenters. The van der Waals surface area contributed by atoms with Crippen molar-refractivity contribution in [2.24, 2.45) is 13.0 Å². The van der Waals surface area contributed by atoms with Crippen LogP contribution in [0.2, 0.25) is 5.02 Å². The van der Waals surface area contributed by atoms with Gasteiger partial charge in [0.2, 0.25) is 5.91 Å². The lowest BCUT2D eigenvalue weighted by atomic mass is 9.96. The Hall–Kier alpha value is -4.70. The van der Waals surface area contributed by atoms with Crippen LogP contribution in [-0.2, 0) is 18.0 Å². The number of nitrogens with one attached hydrogen (secondary N) is 3. The minimum absolute atomic E-state index is 0.0152. The van der Waals surface area contributed by atoms with E-state index in [0.29, 0.717) is 37.6 Å². The Morgan fingerprint density at radius 1 is 1.04 bits per heavy atom. The third kappa shape index (κ3) is 6.47. The number of hydrogen-bond donors (Lipinski definition) is 3. The molecule has 2 aliphatic rings. The molecule has 3 amide bonds. The van der Waals surface area contributed by atoms with Crippen LogP contribution >= 0.6 is 11.6 Å². The van der Waals surface area contributed by atoms with Crippen molar-refractivity contribution in [2.45, 2.75) is 25.9 Å². The SMILES string of the molecule is Cc1[nH]ncc1-n1cc(-c2cnc(C(=O)Nc3ccc(C(=O)N4CCN(C(=O)C5CCNCC5)CC4)c(Cl)c3)n2C)c(C(F)(F)F)n1. The molecule has 1 aromatic carbocycles. The number of aromatic nitrogens is 6. The van der Waals surface area contributed by atoms with Crippen LogP contribution in [0.4, 0.5) is 18.9 Å². The Bertz CT molecular complexity index is 1820. The molecule has 47 heavy (non-hydrogen) atoms. The average molecular weight is 673 g/mol. The molecule has 4 aromatic rings. The molecule has 3 N–H and O–H groups in total. The van der Waals surface area contributed by atoms with E-state index in [0.717, 1.165) is 30.6 Å². The van der Waals surface area contributed by atoms with E-state index in [1.54, 1.807) is 11.8 Å². The number of imidazole rings is 1. The minimum Gasteiger partial charge on any atom is -0.339 e. The van der Waals surface area contributed by atoms with E-state index in [9.17, 15) is 27.6 Å². The Balaban J connectivity index is 1.13. The molecule has 6 rings (SSSR count). The van der Waals surface area contributed by atoms with E-state index < -0.39 is 17.8 Å². The van der Waals surface area contributed by atoms with Crippen LogP contribution in [0.25, 0.3) is 16.9 Å². The maximum absolute atomic E-state index is 14.0. The van der Waals surface area contributed by atoms with Crippen LogP contribution in [-0.4, -0.2) is 96.3 Å². The number of hydrogen-bond acceptors (Lipinski definition) is 7. The van der Waals surface area contributed by atoms with Gasteiger partial charge in [0, 0.05) is 51.0 Å². The number of H-pyrrole nitrogens is 1. The highest BCUT2D eigenvalue weighted by Gasteiger charge is 2.39. The Kier molecular flexibility index (Phi) is 8.80. The van der Waals surface area contributed by atoms with Gasteiger partial charge in [-0.05, 0) is 51.1 Å². The molecule has 248 valence electrons. The van der Waals surface area contributed by atoms with Gasteiger partial charge in [-0.15, -0.1) is 0 Å². The molecule has 0 bridgehead atoms. The van der Waals surface area contributed by atoms with Crippen molar-refractivity contribution in [2.75, 3.05) is 44.6 Å². The van der Waals surface area contributed by atoms with Gasteiger partial charge in [0.05, 0.1) is 39.9 Å². The lowest BCUT2D eigenvalue weighted by molar-refractivity contribution is -0.141. The van der Waals surface area contributed by atoms with Crippen molar-refractivity contribution < 1.29 is 27.6 Å². The summed E-state index contributed by atoms with van der Waals surface area (Å²) in [6.07, 6.45) is 0.587. The van der Waals surface area contributed by atoms with E-state index >= 15 is 0 Å². The van der Waals surface area contributed by atoms with Gasteiger partial charge in [-0.3, -0.25) is 19.5 Å². The Morgan fingerprint density at radius 3 is 2.38 bits per heavy atom. The molecule has 0 spiro atoms. The lowest BCUT2D eigenvalue weighted by Gasteiger charge is -2.37. The fourth-order valence-electron chi connectivity index (χ4n) is 5.92. The van der Waals surface area contributed by atoms with Gasteiger partial charge >= 0.3 is 6.18 Å². The van der Waals surface area contributed by atoms with Crippen molar-refractivity contribution >= 4 is 35.0 Å². The quantitative estimate of drug-likeness (QED) is 0.284. The van der Waals surface area contributed by atoms with E-state index in [-0.39, 0.29) is 51.1 Å². The largest absolute Gasteiger partial charge is 0.435 e. The van der Waals surface area contributed by atoms with E-state index in [4.69, 9.17) is 11.6 Å². The Morgan fingerprint density at radius 2 is 1.74 bits per heavy atom. The number of piperazine rings is 1. The number of anilines is 1. The zero-order valence-corrected chi connectivity index (χ0v) is 26.3. The summed E-state index contributed by atoms with van der Waals surface area (Å²) < 4.78 is 44.2. The van der Waals surface area contributed by atoms with Gasteiger partial charge in [0.15, 0.2) is 11.5 Å². The van der Waals surface area contributed by atoms with Crippen molar-refractivity contribution in [1.82, 2.24) is 44.6 Å². The molecule has 17 heteroatoms. The third-order valence-electron chi connectivity index (χ3n) is 8.52. The first kappa shape index (κ1) is 32.2. The number of alkyl halides is 3. The highest BCUT2D eigenvalue weighted by atomic mass is 35.5. The summed E-state index contributed by atoms with van der Waals surface area (Å²) in [5.41, 5.74) is -0.0304. The van der Waals surface area contributed by atoms with E-state index in [2.05, 4.69) is 30.9 Å². The van der Waals surface area contributed by atoms with Gasteiger partial charge < -0.3 is 25.0 Å². The normalized spacial score (nSPS) is 16.0. The first-order chi connectivity index (χ1) is 22.4. The fourth-order valence-corrected chi connectivity index (χ4v) is 6.18. The van der Waals surface area contributed by atoms with Gasteiger partial charge in [0.25, 0.3) is 11.8 Å². The first-order valence-corrected chi connectivity index (χ1v) is 15.4. The summed E-state index contributed by atoms with van der Waals surface area (Å²) in [7, 11) is 1.42. The van der Waals surface area contributed by atoms with Crippen LogP contribution in [0.3, 0.4) is 0 Å². The molecule has 0 radical (unpaired) electrons. The number of carbonyl (C=O) groups excluding carboxylic acids is 3. The molecule has 2 aliphatic heterocycles. The molecular weight excluding hydrogens is 641 g/mol. The average Bonchev–Trinajstić information content (AvgIpc) is 3.78. The maximum Gasteiger partial charge on any atom is 0.435 e. The molecule has 13 nitrogen and oxygen atoms in total. The summed E-state index contributed by atoms with van der Waals surface area (Å²) in [6.45, 7) is 4.95. The first-order valence-electron chi connectivity index (χ1n) is 15.0. The van der Waals surface area contributed by atoms with Gasteiger partial charge in [-0.2, -0.15) is 23.4 Å². The number of piperidine rings is 1. The molecule has 0 aliphatic carbocycles. The summed E-state index contributed by atoms with van der Waals surface area (Å²) >= 11 is 6.47. The number of carbonyl (C=O) groups is 3. The summed E-state index contributed by atoms with van der Waals surface area (Å²) in [5.74, 6) is -0.996. The smallest absolute Gasteiger partial charge is 0.339 e. The number of rotatable bonds is 6. The summed E-state index contributed by atoms with van der Waals surface area (Å²) in [6, 6.07) is 4.43. The second-order valence-electron chi connectivity index (χ2n) is 11.5. The molecule has 0 atom stereocenters. The number of aromatic amines is 1. The number of amides is 3. The second-order valence-corrected chi connectivity index (χ2v) is 11.9. The molecule has 5 heterocycles. The van der Waals surface area contributed by atoms with Gasteiger partial charge in [-0.25, -0.2) is 9.67 Å². The highest BCUT2D eigenvalue weighted by Crippen LogP contribution is 2.37. The van der Waals surface area contributed by atoms with Crippen LogP contribution < -0.4 is 10.6 Å². The summed E-state index contributed by atoms with van der Waals surface area (Å²) in [5, 5.41) is 16.3. The molecule has 3 aromatic heterocycles. The highest BCUT2D eigenvalue weighted by molar-refractivity contribution is 6.34. The van der Waals surface area contributed by atoms with Crippen molar-refractivity contribution in [3.63, 3.8) is 0 Å². The third-order valence-corrected chi connectivity index (χ3v) is 8.84. The van der Waals surface area contributed by atoms with Gasteiger partial charge in [-0.1, -0.05) is 11.6 Å². The predicted octanol–water partition coefficient (Wildman–Crippen LogP) is 3.51. The maximum atomic E-state index is 14.0. The van der Waals surface area contributed by atoms with E-state index in [1.165, 1.54) is 48.4 Å². The van der Waals surface area contributed by atoms with Crippen LogP contribution in [0, 0.1) is 12.8 Å². The van der Waals surface area contributed by atoms with Crippen LogP contribution in [0.5, 0.6) is 0 Å². The molecular formula is C30H32ClF3N10O3. The molecule has 2 saturated heterocycles. The van der Waals surface area contributed by atoms with Crippen molar-refractivity contribution in [3.05, 3.63) is 64.6 Å². The number of halogens is 4. The van der Waals surface area contributed by atoms with Crippen molar-refractivity contribution in [1.29, 1.82) is 0 Å². The number of nitrogens with zero attached hydrogens (tertiary/aromatic N) is 7. The van der Waals surface area contributed by atoms with E-state index in [1.807, 2.05) is 4.90 Å². The monoisotopic (exact) mass is 672 g/mol.